The molecule has 3 rings (SSSR count). The number of benzene rings is 1. The minimum atomic E-state index is -0.105. The van der Waals surface area contributed by atoms with Crippen molar-refractivity contribution in [3.8, 4) is 0 Å². The number of aromatic nitrogens is 2. The molecule has 1 N–H and O–H groups in total. The maximum Gasteiger partial charge on any atom is 0.251 e. The van der Waals surface area contributed by atoms with Gasteiger partial charge in [0.05, 0.1) is 5.69 Å². The van der Waals surface area contributed by atoms with Crippen molar-refractivity contribution in [2.45, 2.75) is 50.9 Å². The van der Waals surface area contributed by atoms with E-state index in [1.807, 2.05) is 36.1 Å². The summed E-state index contributed by atoms with van der Waals surface area (Å²) < 4.78 is 0. The van der Waals surface area contributed by atoms with E-state index in [2.05, 4.69) is 37.1 Å². The van der Waals surface area contributed by atoms with E-state index in [0.717, 1.165) is 35.3 Å². The number of hydrogen-bond acceptors (Lipinski definition) is 6. The molecule has 7 nitrogen and oxygen atoms in total. The highest BCUT2D eigenvalue weighted by Crippen LogP contribution is 2.29. The largest absolute Gasteiger partial charge is 0.353 e. The van der Waals surface area contributed by atoms with Gasteiger partial charge in [-0.2, -0.15) is 0 Å². The molecule has 0 aliphatic carbocycles. The van der Waals surface area contributed by atoms with Crippen molar-refractivity contribution in [1.29, 1.82) is 0 Å². The quantitative estimate of drug-likeness (QED) is 0.531. The Kier molecular flexibility index (Phi) is 7.77. The van der Waals surface area contributed by atoms with Crippen LogP contribution in [-0.4, -0.2) is 59.4 Å². The SMILES string of the molecule is CCNC(=O)c1cccc(CSc2nc(N3CCN(C(C)=O)CC3)cc(C(C)(C)C)n2)c1. The minimum Gasteiger partial charge on any atom is -0.353 e. The average Bonchev–Trinajstić information content (AvgIpc) is 2.77. The predicted molar refractivity (Wildman–Crippen MR) is 129 cm³/mol. The lowest BCUT2D eigenvalue weighted by atomic mass is 9.92. The number of carbonyl (C=O) groups excluding carboxylic acids is 2. The van der Waals surface area contributed by atoms with Crippen LogP contribution < -0.4 is 10.2 Å². The van der Waals surface area contributed by atoms with Crippen LogP contribution in [0.2, 0.25) is 0 Å². The first kappa shape index (κ1) is 24.0. The summed E-state index contributed by atoms with van der Waals surface area (Å²) in [5.41, 5.74) is 2.61. The Morgan fingerprint density at radius 2 is 1.81 bits per heavy atom. The Labute approximate surface area is 195 Å². The van der Waals surface area contributed by atoms with E-state index in [9.17, 15) is 9.59 Å². The molecule has 0 radical (unpaired) electrons. The Morgan fingerprint density at radius 1 is 1.09 bits per heavy atom. The van der Waals surface area contributed by atoms with Gasteiger partial charge in [0.2, 0.25) is 5.91 Å². The summed E-state index contributed by atoms with van der Waals surface area (Å²) in [5.74, 6) is 1.65. The van der Waals surface area contributed by atoms with Gasteiger partial charge in [-0.25, -0.2) is 9.97 Å². The lowest BCUT2D eigenvalue weighted by molar-refractivity contribution is -0.129. The van der Waals surface area contributed by atoms with E-state index in [-0.39, 0.29) is 17.2 Å². The van der Waals surface area contributed by atoms with Gasteiger partial charge < -0.3 is 15.1 Å². The fraction of sp³-hybridized carbons (Fsp3) is 0.500. The molecule has 32 heavy (non-hydrogen) atoms. The summed E-state index contributed by atoms with van der Waals surface area (Å²) in [7, 11) is 0. The molecule has 1 aliphatic rings. The highest BCUT2D eigenvalue weighted by atomic mass is 32.2. The van der Waals surface area contributed by atoms with Gasteiger partial charge in [0.15, 0.2) is 5.16 Å². The zero-order chi connectivity index (χ0) is 23.3. The smallest absolute Gasteiger partial charge is 0.251 e. The number of nitrogens with one attached hydrogen (secondary N) is 1. The van der Waals surface area contributed by atoms with E-state index >= 15 is 0 Å². The maximum atomic E-state index is 12.1. The maximum absolute atomic E-state index is 12.1. The number of thioether (sulfide) groups is 1. The molecule has 1 aromatic carbocycles. The topological polar surface area (TPSA) is 78.4 Å². The third-order valence-corrected chi connectivity index (χ3v) is 6.32. The molecule has 0 atom stereocenters. The number of hydrogen-bond donors (Lipinski definition) is 1. The van der Waals surface area contributed by atoms with E-state index in [4.69, 9.17) is 9.97 Å². The first-order chi connectivity index (χ1) is 15.2. The number of nitrogens with zero attached hydrogens (tertiary/aromatic N) is 4. The number of carbonyl (C=O) groups is 2. The lowest BCUT2D eigenvalue weighted by Gasteiger charge is -2.35. The second-order valence-electron chi connectivity index (χ2n) is 8.99. The third kappa shape index (κ3) is 6.22. The highest BCUT2D eigenvalue weighted by molar-refractivity contribution is 7.98. The standard InChI is InChI=1S/C24H33N5O2S/c1-6-25-22(31)19-9-7-8-18(14-19)16-32-23-26-20(24(3,4)5)15-21(27-23)29-12-10-28(11-13-29)17(2)30/h7-9,14-15H,6,10-13,16H2,1-5H3,(H,25,31). The van der Waals surface area contributed by atoms with Gasteiger partial charge in [-0.1, -0.05) is 44.7 Å². The molecule has 2 aromatic rings. The Hall–Kier alpha value is -2.61. The van der Waals surface area contributed by atoms with Crippen LogP contribution in [0, 0.1) is 0 Å². The summed E-state index contributed by atoms with van der Waals surface area (Å²) >= 11 is 1.58. The molecule has 0 bridgehead atoms. The average molecular weight is 456 g/mol. The van der Waals surface area contributed by atoms with Crippen LogP contribution in [0.15, 0.2) is 35.5 Å². The third-order valence-electron chi connectivity index (χ3n) is 5.40. The highest BCUT2D eigenvalue weighted by Gasteiger charge is 2.23. The summed E-state index contributed by atoms with van der Waals surface area (Å²) in [4.78, 5) is 37.6. The van der Waals surface area contributed by atoms with Crippen LogP contribution in [0.5, 0.6) is 0 Å². The van der Waals surface area contributed by atoms with Crippen LogP contribution in [0.25, 0.3) is 0 Å². The van der Waals surface area contributed by atoms with Crippen molar-refractivity contribution in [2.24, 2.45) is 0 Å². The number of piperazine rings is 1. The van der Waals surface area contributed by atoms with Gasteiger partial charge in [0, 0.05) is 62.4 Å². The van der Waals surface area contributed by atoms with Gasteiger partial charge in [0.25, 0.3) is 5.91 Å². The van der Waals surface area contributed by atoms with Gasteiger partial charge in [-0.05, 0) is 24.6 Å². The molecule has 172 valence electrons. The van der Waals surface area contributed by atoms with Gasteiger partial charge in [0.1, 0.15) is 5.82 Å². The monoisotopic (exact) mass is 455 g/mol. The van der Waals surface area contributed by atoms with Crippen molar-refractivity contribution in [3.05, 3.63) is 47.2 Å². The van der Waals surface area contributed by atoms with E-state index in [0.29, 0.717) is 31.0 Å². The summed E-state index contributed by atoms with van der Waals surface area (Å²) in [6.07, 6.45) is 0. The molecular weight excluding hydrogens is 422 g/mol. The fourth-order valence-electron chi connectivity index (χ4n) is 3.49. The molecule has 0 spiro atoms. The van der Waals surface area contributed by atoms with E-state index < -0.39 is 0 Å². The minimum absolute atomic E-state index is 0.0580. The number of anilines is 1. The van der Waals surface area contributed by atoms with Gasteiger partial charge in [-0.15, -0.1) is 0 Å². The normalized spacial score (nSPS) is 14.4. The Bertz CT molecular complexity index is 965. The summed E-state index contributed by atoms with van der Waals surface area (Å²) in [6.45, 7) is 13.5. The van der Waals surface area contributed by atoms with Crippen molar-refractivity contribution >= 4 is 29.4 Å². The number of amides is 2. The van der Waals surface area contributed by atoms with Crippen molar-refractivity contribution in [2.75, 3.05) is 37.6 Å². The lowest BCUT2D eigenvalue weighted by Crippen LogP contribution is -2.48. The van der Waals surface area contributed by atoms with Crippen LogP contribution in [0.3, 0.4) is 0 Å². The molecule has 0 saturated carbocycles. The zero-order valence-corrected chi connectivity index (χ0v) is 20.5. The molecule has 1 saturated heterocycles. The molecule has 1 aliphatic heterocycles. The Morgan fingerprint density at radius 3 is 2.44 bits per heavy atom. The second kappa shape index (κ2) is 10.3. The van der Waals surface area contributed by atoms with E-state index in [1.54, 1.807) is 18.7 Å². The van der Waals surface area contributed by atoms with Gasteiger partial charge in [-0.3, -0.25) is 9.59 Å². The molecular formula is C24H33N5O2S. The Balaban J connectivity index is 1.78. The first-order valence-electron chi connectivity index (χ1n) is 11.1. The van der Waals surface area contributed by atoms with Crippen LogP contribution in [-0.2, 0) is 16.0 Å². The van der Waals surface area contributed by atoms with Crippen LogP contribution in [0.4, 0.5) is 5.82 Å². The summed E-state index contributed by atoms with van der Waals surface area (Å²) in [6, 6.07) is 9.75. The van der Waals surface area contributed by atoms with Crippen molar-refractivity contribution in [3.63, 3.8) is 0 Å². The first-order valence-corrected chi connectivity index (χ1v) is 12.1. The summed E-state index contributed by atoms with van der Waals surface area (Å²) in [5, 5.41) is 3.57. The van der Waals surface area contributed by atoms with Crippen LogP contribution in [0.1, 0.15) is 56.2 Å². The fourth-order valence-corrected chi connectivity index (χ4v) is 4.28. The van der Waals surface area contributed by atoms with Gasteiger partial charge >= 0.3 is 0 Å². The van der Waals surface area contributed by atoms with Crippen molar-refractivity contribution in [1.82, 2.24) is 20.2 Å². The molecule has 2 heterocycles. The predicted octanol–water partition coefficient (Wildman–Crippen LogP) is 3.48. The molecule has 8 heteroatoms. The molecule has 0 unspecified atom stereocenters. The number of rotatable bonds is 6. The second-order valence-corrected chi connectivity index (χ2v) is 9.93. The van der Waals surface area contributed by atoms with E-state index in [1.165, 1.54) is 0 Å². The molecule has 1 fully saturated rings. The van der Waals surface area contributed by atoms with Crippen LogP contribution >= 0.6 is 11.8 Å². The van der Waals surface area contributed by atoms with Crippen molar-refractivity contribution < 1.29 is 9.59 Å². The molecule has 2 amide bonds. The molecule has 1 aromatic heterocycles. The zero-order valence-electron chi connectivity index (χ0n) is 19.6.